The highest BCUT2D eigenvalue weighted by Crippen LogP contribution is 2.46. The number of rotatable bonds is 1. The van der Waals surface area contributed by atoms with Gasteiger partial charge in [-0.25, -0.2) is 0 Å². The van der Waals surface area contributed by atoms with E-state index in [1.54, 1.807) is 11.3 Å². The molecule has 0 radical (unpaired) electrons. The van der Waals surface area contributed by atoms with Gasteiger partial charge in [0.05, 0.1) is 5.56 Å². The van der Waals surface area contributed by atoms with Gasteiger partial charge in [-0.3, -0.25) is 4.79 Å². The quantitative estimate of drug-likeness (QED) is 0.640. The van der Waals surface area contributed by atoms with Gasteiger partial charge in [0.1, 0.15) is 11.2 Å². The predicted molar refractivity (Wildman–Crippen MR) is 107 cm³/mol. The third-order valence-electron chi connectivity index (χ3n) is 5.47. The normalized spacial score (nSPS) is 22.6. The second kappa shape index (κ2) is 6.13. The number of carbonyl (C=O) groups excluding carboxylic acids is 1. The fourth-order valence-electron chi connectivity index (χ4n) is 3.86. The van der Waals surface area contributed by atoms with Crippen molar-refractivity contribution in [2.75, 3.05) is 5.32 Å². The van der Waals surface area contributed by atoms with Gasteiger partial charge in [0.15, 0.2) is 0 Å². The van der Waals surface area contributed by atoms with Crippen LogP contribution in [0.5, 0.6) is 0 Å². The zero-order valence-corrected chi connectivity index (χ0v) is 17.2. The van der Waals surface area contributed by atoms with Crippen molar-refractivity contribution in [3.05, 3.63) is 50.3 Å². The number of thiophene rings is 1. The SMILES string of the molecule is CC(C)(C)C1CCc2c(sc3c2C(=O)NC(c2ccc(Br)cc2)N3)C1. The monoisotopic (exact) mass is 418 g/mol. The summed E-state index contributed by atoms with van der Waals surface area (Å²) in [4.78, 5) is 14.2. The molecule has 1 amide bonds. The first kappa shape index (κ1) is 17.1. The number of anilines is 1. The van der Waals surface area contributed by atoms with E-state index in [4.69, 9.17) is 0 Å². The van der Waals surface area contributed by atoms with E-state index in [-0.39, 0.29) is 12.1 Å². The number of nitrogens with one attached hydrogen (secondary N) is 2. The Morgan fingerprint density at radius 3 is 2.56 bits per heavy atom. The zero-order valence-electron chi connectivity index (χ0n) is 14.8. The summed E-state index contributed by atoms with van der Waals surface area (Å²) in [6, 6.07) is 8.09. The standard InChI is InChI=1S/C20H23BrN2OS/c1-20(2,3)12-6-9-14-15(10-12)25-19-16(14)18(24)22-17(23-19)11-4-7-13(21)8-5-11/h4-5,7-8,12,17,23H,6,9-10H2,1-3H3,(H,22,24). The highest BCUT2D eigenvalue weighted by atomic mass is 79.9. The molecule has 2 unspecified atom stereocenters. The van der Waals surface area contributed by atoms with Crippen LogP contribution < -0.4 is 10.6 Å². The molecule has 2 atom stereocenters. The van der Waals surface area contributed by atoms with Gasteiger partial charge in [-0.1, -0.05) is 48.8 Å². The highest BCUT2D eigenvalue weighted by Gasteiger charge is 2.36. The van der Waals surface area contributed by atoms with Crippen LogP contribution in [0.4, 0.5) is 5.00 Å². The number of hydrogen-bond acceptors (Lipinski definition) is 3. The van der Waals surface area contributed by atoms with Crippen LogP contribution in [0.25, 0.3) is 0 Å². The molecule has 2 aromatic rings. The summed E-state index contributed by atoms with van der Waals surface area (Å²) in [7, 11) is 0. The smallest absolute Gasteiger partial charge is 0.256 e. The lowest BCUT2D eigenvalue weighted by molar-refractivity contribution is 0.0935. The number of benzene rings is 1. The van der Waals surface area contributed by atoms with Crippen molar-refractivity contribution >= 4 is 38.2 Å². The van der Waals surface area contributed by atoms with Crippen LogP contribution in [0.1, 0.15) is 59.7 Å². The molecule has 0 fully saturated rings. The Hall–Kier alpha value is -1.33. The molecule has 0 saturated carbocycles. The Morgan fingerprint density at radius 2 is 1.88 bits per heavy atom. The van der Waals surface area contributed by atoms with Gasteiger partial charge >= 0.3 is 0 Å². The first-order valence-electron chi connectivity index (χ1n) is 8.80. The van der Waals surface area contributed by atoms with Crippen molar-refractivity contribution < 1.29 is 4.79 Å². The van der Waals surface area contributed by atoms with Gasteiger partial charge in [-0.15, -0.1) is 11.3 Å². The topological polar surface area (TPSA) is 41.1 Å². The average Bonchev–Trinajstić information content (AvgIpc) is 2.92. The van der Waals surface area contributed by atoms with Gasteiger partial charge in [0.2, 0.25) is 0 Å². The zero-order chi connectivity index (χ0) is 17.8. The van der Waals surface area contributed by atoms with Crippen molar-refractivity contribution in [2.24, 2.45) is 11.3 Å². The molecule has 1 aromatic carbocycles. The van der Waals surface area contributed by atoms with Crippen LogP contribution in [-0.4, -0.2) is 5.91 Å². The van der Waals surface area contributed by atoms with Crippen LogP contribution in [-0.2, 0) is 12.8 Å². The van der Waals surface area contributed by atoms with E-state index in [2.05, 4.69) is 47.3 Å². The van der Waals surface area contributed by atoms with Crippen molar-refractivity contribution in [1.29, 1.82) is 0 Å². The van der Waals surface area contributed by atoms with Crippen LogP contribution >= 0.6 is 27.3 Å². The largest absolute Gasteiger partial charge is 0.353 e. The molecule has 4 rings (SSSR count). The molecule has 0 saturated heterocycles. The second-order valence-electron chi connectivity index (χ2n) is 8.12. The van der Waals surface area contributed by atoms with E-state index in [0.717, 1.165) is 33.4 Å². The average molecular weight is 419 g/mol. The van der Waals surface area contributed by atoms with E-state index < -0.39 is 0 Å². The predicted octanol–water partition coefficient (Wildman–Crippen LogP) is 5.52. The molecule has 3 nitrogen and oxygen atoms in total. The van der Waals surface area contributed by atoms with Gasteiger partial charge < -0.3 is 10.6 Å². The molecular formula is C20H23BrN2OS. The van der Waals surface area contributed by atoms with Gasteiger partial charge in [0, 0.05) is 9.35 Å². The fourth-order valence-corrected chi connectivity index (χ4v) is 5.48. The van der Waals surface area contributed by atoms with E-state index >= 15 is 0 Å². The lowest BCUT2D eigenvalue weighted by atomic mass is 9.72. The Labute approximate surface area is 161 Å². The van der Waals surface area contributed by atoms with Crippen molar-refractivity contribution in [3.63, 3.8) is 0 Å². The summed E-state index contributed by atoms with van der Waals surface area (Å²) in [5, 5.41) is 7.71. The number of halogens is 1. The summed E-state index contributed by atoms with van der Waals surface area (Å²) < 4.78 is 1.04. The van der Waals surface area contributed by atoms with Gasteiger partial charge in [0.25, 0.3) is 5.91 Å². The maximum atomic E-state index is 12.8. The van der Waals surface area contributed by atoms with Crippen molar-refractivity contribution in [2.45, 2.75) is 46.2 Å². The molecule has 1 aromatic heterocycles. The Bertz CT molecular complexity index is 819. The first-order chi connectivity index (χ1) is 11.8. The second-order valence-corrected chi connectivity index (χ2v) is 10.1. The Balaban J connectivity index is 1.64. The van der Waals surface area contributed by atoms with E-state index in [1.807, 2.05) is 24.3 Å². The van der Waals surface area contributed by atoms with E-state index in [9.17, 15) is 4.79 Å². The third-order valence-corrected chi connectivity index (χ3v) is 7.19. The molecule has 1 aliphatic heterocycles. The Kier molecular flexibility index (Phi) is 4.19. The van der Waals surface area contributed by atoms with E-state index in [1.165, 1.54) is 16.9 Å². The minimum atomic E-state index is -0.161. The molecule has 5 heteroatoms. The van der Waals surface area contributed by atoms with Crippen LogP contribution in [0.2, 0.25) is 0 Å². The summed E-state index contributed by atoms with van der Waals surface area (Å²) >= 11 is 5.24. The molecular weight excluding hydrogens is 396 g/mol. The number of fused-ring (bicyclic) bond motifs is 3. The molecule has 25 heavy (non-hydrogen) atoms. The number of carbonyl (C=O) groups is 1. The maximum absolute atomic E-state index is 12.8. The number of hydrogen-bond donors (Lipinski definition) is 2. The lowest BCUT2D eigenvalue weighted by Crippen LogP contribution is -2.38. The minimum Gasteiger partial charge on any atom is -0.353 e. The molecule has 0 spiro atoms. The molecule has 0 bridgehead atoms. The maximum Gasteiger partial charge on any atom is 0.256 e. The summed E-state index contributed by atoms with van der Waals surface area (Å²) in [6.07, 6.45) is 3.12. The van der Waals surface area contributed by atoms with Crippen LogP contribution in [0, 0.1) is 11.3 Å². The molecule has 2 heterocycles. The van der Waals surface area contributed by atoms with Gasteiger partial charge in [-0.2, -0.15) is 0 Å². The van der Waals surface area contributed by atoms with Crippen LogP contribution in [0.3, 0.4) is 0 Å². The van der Waals surface area contributed by atoms with Gasteiger partial charge in [-0.05, 0) is 53.9 Å². The van der Waals surface area contributed by atoms with Crippen LogP contribution in [0.15, 0.2) is 28.7 Å². The van der Waals surface area contributed by atoms with Crippen molar-refractivity contribution in [1.82, 2.24) is 5.32 Å². The molecule has 132 valence electrons. The first-order valence-corrected chi connectivity index (χ1v) is 10.4. The summed E-state index contributed by atoms with van der Waals surface area (Å²) in [5.41, 5.74) is 3.55. The summed E-state index contributed by atoms with van der Waals surface area (Å²) in [5.74, 6) is 0.749. The minimum absolute atomic E-state index is 0.0633. The van der Waals surface area contributed by atoms with E-state index in [0.29, 0.717) is 11.3 Å². The molecule has 2 aliphatic rings. The molecule has 1 aliphatic carbocycles. The third kappa shape index (κ3) is 3.13. The fraction of sp³-hybridized carbons (Fsp3) is 0.450. The Morgan fingerprint density at radius 1 is 1.16 bits per heavy atom. The number of amides is 1. The highest BCUT2D eigenvalue weighted by molar-refractivity contribution is 9.10. The lowest BCUT2D eigenvalue weighted by Gasteiger charge is -2.34. The molecule has 2 N–H and O–H groups in total. The van der Waals surface area contributed by atoms with Crippen molar-refractivity contribution in [3.8, 4) is 0 Å². The summed E-state index contributed by atoms with van der Waals surface area (Å²) in [6.45, 7) is 6.97.